The van der Waals surface area contributed by atoms with Crippen LogP contribution in [-0.2, 0) is 5.75 Å². The van der Waals surface area contributed by atoms with E-state index in [0.717, 1.165) is 27.8 Å². The maximum Gasteiger partial charge on any atom is 0.253 e. The fourth-order valence-corrected chi connectivity index (χ4v) is 4.20. The molecule has 0 saturated heterocycles. The Hall–Kier alpha value is -2.99. The van der Waals surface area contributed by atoms with Gasteiger partial charge < -0.3 is 0 Å². The smallest absolute Gasteiger partial charge is 0.251 e. The van der Waals surface area contributed by atoms with Crippen molar-refractivity contribution < 1.29 is 0 Å². The molecule has 0 radical (unpaired) electrons. The van der Waals surface area contributed by atoms with Gasteiger partial charge in [0.2, 0.25) is 5.16 Å². The fraction of sp³-hybridized carbons (Fsp3) is 0.143. The van der Waals surface area contributed by atoms with Crippen molar-refractivity contribution in [2.75, 3.05) is 0 Å². The van der Waals surface area contributed by atoms with E-state index >= 15 is 0 Å². The number of hydrogen-bond acceptors (Lipinski definition) is 5. The first kappa shape index (κ1) is 16.2. The predicted octanol–water partition coefficient (Wildman–Crippen LogP) is 4.73. The van der Waals surface area contributed by atoms with E-state index in [1.54, 1.807) is 16.3 Å². The van der Waals surface area contributed by atoms with Gasteiger partial charge >= 0.3 is 0 Å². The van der Waals surface area contributed by atoms with Crippen LogP contribution in [0.1, 0.15) is 17.1 Å². The van der Waals surface area contributed by atoms with Crippen molar-refractivity contribution in [1.29, 1.82) is 0 Å². The van der Waals surface area contributed by atoms with E-state index in [9.17, 15) is 0 Å². The molecule has 3 heterocycles. The molecule has 0 N–H and O–H groups in total. The molecule has 0 saturated carbocycles. The highest BCUT2D eigenvalue weighted by molar-refractivity contribution is 7.98. The maximum atomic E-state index is 4.91. The Balaban J connectivity index is 1.55. The minimum absolute atomic E-state index is 0.645. The molecule has 0 unspecified atom stereocenters. The lowest BCUT2D eigenvalue weighted by atomic mass is 10.0. The molecule has 0 amide bonds. The van der Waals surface area contributed by atoms with Crippen molar-refractivity contribution in [1.82, 2.24) is 24.6 Å². The van der Waals surface area contributed by atoms with Gasteiger partial charge in [-0.15, -0.1) is 5.10 Å². The number of rotatable bonds is 3. The summed E-state index contributed by atoms with van der Waals surface area (Å²) in [7, 11) is 0. The summed E-state index contributed by atoms with van der Waals surface area (Å²) in [6.07, 6.45) is 0. The van der Waals surface area contributed by atoms with Gasteiger partial charge in [0.25, 0.3) is 5.78 Å². The van der Waals surface area contributed by atoms with Crippen molar-refractivity contribution >= 4 is 39.2 Å². The molecular formula is C21H17N5S. The Morgan fingerprint density at radius 2 is 1.59 bits per heavy atom. The summed E-state index contributed by atoms with van der Waals surface area (Å²) < 4.78 is 1.79. The Labute approximate surface area is 160 Å². The quantitative estimate of drug-likeness (QED) is 0.339. The lowest BCUT2D eigenvalue weighted by Gasteiger charge is -2.08. The minimum atomic E-state index is 0.645. The van der Waals surface area contributed by atoms with Crippen molar-refractivity contribution in [2.24, 2.45) is 0 Å². The predicted molar refractivity (Wildman–Crippen MR) is 109 cm³/mol. The van der Waals surface area contributed by atoms with E-state index in [0.29, 0.717) is 11.5 Å². The summed E-state index contributed by atoms with van der Waals surface area (Å²) in [4.78, 5) is 13.9. The van der Waals surface area contributed by atoms with Crippen LogP contribution in [0.3, 0.4) is 0 Å². The van der Waals surface area contributed by atoms with Crippen LogP contribution < -0.4 is 0 Å². The van der Waals surface area contributed by atoms with E-state index in [2.05, 4.69) is 57.5 Å². The van der Waals surface area contributed by atoms with Gasteiger partial charge in [0.1, 0.15) is 0 Å². The zero-order valence-electron chi connectivity index (χ0n) is 15.0. The van der Waals surface area contributed by atoms with Crippen LogP contribution in [0.5, 0.6) is 0 Å². The molecule has 0 fully saturated rings. The number of fused-ring (bicyclic) bond motifs is 4. The van der Waals surface area contributed by atoms with Gasteiger partial charge in [-0.3, -0.25) is 4.98 Å². The summed E-state index contributed by atoms with van der Waals surface area (Å²) in [6.45, 7) is 3.99. The van der Waals surface area contributed by atoms with E-state index in [-0.39, 0.29) is 0 Å². The van der Waals surface area contributed by atoms with Crippen LogP contribution in [0, 0.1) is 13.8 Å². The summed E-state index contributed by atoms with van der Waals surface area (Å²) in [5.41, 5.74) is 4.05. The van der Waals surface area contributed by atoms with Gasteiger partial charge in [-0.05, 0) is 31.4 Å². The molecule has 27 heavy (non-hydrogen) atoms. The molecule has 5 rings (SSSR count). The summed E-state index contributed by atoms with van der Waals surface area (Å²) in [5.74, 6) is 1.35. The maximum absolute atomic E-state index is 4.91. The van der Waals surface area contributed by atoms with Crippen molar-refractivity contribution in [2.45, 2.75) is 24.8 Å². The first-order valence-corrected chi connectivity index (χ1v) is 9.78. The number of benzene rings is 2. The van der Waals surface area contributed by atoms with Crippen LogP contribution in [-0.4, -0.2) is 24.6 Å². The molecule has 132 valence electrons. The highest BCUT2D eigenvalue weighted by atomic mass is 32.2. The molecule has 0 atom stereocenters. The third-order valence-corrected chi connectivity index (χ3v) is 5.47. The Kier molecular flexibility index (Phi) is 3.79. The second-order valence-corrected chi connectivity index (χ2v) is 7.50. The zero-order valence-corrected chi connectivity index (χ0v) is 15.9. The highest BCUT2D eigenvalue weighted by Crippen LogP contribution is 2.29. The lowest BCUT2D eigenvalue weighted by molar-refractivity contribution is 0.843. The molecule has 0 aliphatic carbocycles. The highest BCUT2D eigenvalue weighted by Gasteiger charge is 2.12. The number of aromatic nitrogens is 5. The molecule has 5 nitrogen and oxygen atoms in total. The van der Waals surface area contributed by atoms with Crippen LogP contribution in [0.25, 0.3) is 27.5 Å². The van der Waals surface area contributed by atoms with Gasteiger partial charge in [-0.25, -0.2) is 9.50 Å². The number of para-hydroxylation sites is 1. The number of hydrogen-bond donors (Lipinski definition) is 0. The van der Waals surface area contributed by atoms with Crippen LogP contribution in [0.2, 0.25) is 0 Å². The number of pyridine rings is 1. The van der Waals surface area contributed by atoms with Crippen molar-refractivity contribution in [3.63, 3.8) is 0 Å². The van der Waals surface area contributed by atoms with Crippen molar-refractivity contribution in [3.05, 3.63) is 71.7 Å². The van der Waals surface area contributed by atoms with Crippen LogP contribution in [0.15, 0.2) is 59.8 Å². The third-order valence-electron chi connectivity index (χ3n) is 4.62. The summed E-state index contributed by atoms with van der Waals surface area (Å²) in [6, 6.07) is 18.7. The number of nitrogens with zero attached hydrogens (tertiary/aromatic N) is 5. The molecular weight excluding hydrogens is 354 g/mol. The number of thioether (sulfide) groups is 1. The van der Waals surface area contributed by atoms with Gasteiger partial charge in [0.15, 0.2) is 0 Å². The van der Waals surface area contributed by atoms with Gasteiger partial charge in [-0.1, -0.05) is 54.2 Å². The lowest BCUT2D eigenvalue weighted by Crippen LogP contribution is -1.97. The molecule has 0 aliphatic heterocycles. The minimum Gasteiger partial charge on any atom is -0.251 e. The molecule has 2 aromatic carbocycles. The topological polar surface area (TPSA) is 56.0 Å². The van der Waals surface area contributed by atoms with Crippen LogP contribution >= 0.6 is 11.8 Å². The first-order valence-electron chi connectivity index (χ1n) is 8.79. The molecule has 0 spiro atoms. The summed E-state index contributed by atoms with van der Waals surface area (Å²) in [5, 5.41) is 8.90. The summed E-state index contributed by atoms with van der Waals surface area (Å²) >= 11 is 1.59. The van der Waals surface area contributed by atoms with Gasteiger partial charge in [0.05, 0.1) is 11.2 Å². The fourth-order valence-electron chi connectivity index (χ4n) is 3.43. The van der Waals surface area contributed by atoms with E-state index < -0.39 is 0 Å². The van der Waals surface area contributed by atoms with Crippen molar-refractivity contribution in [3.8, 4) is 0 Å². The second kappa shape index (κ2) is 6.32. The van der Waals surface area contributed by atoms with E-state index in [1.807, 2.05) is 26.0 Å². The average molecular weight is 371 g/mol. The van der Waals surface area contributed by atoms with E-state index in [4.69, 9.17) is 4.98 Å². The monoisotopic (exact) mass is 371 g/mol. The Morgan fingerprint density at radius 3 is 2.44 bits per heavy atom. The van der Waals surface area contributed by atoms with E-state index in [1.165, 1.54) is 16.2 Å². The molecule has 3 aromatic heterocycles. The molecule has 0 bridgehead atoms. The van der Waals surface area contributed by atoms with Gasteiger partial charge in [0, 0.05) is 27.9 Å². The Bertz CT molecular complexity index is 1310. The Morgan fingerprint density at radius 1 is 0.852 bits per heavy atom. The normalized spacial score (nSPS) is 11.6. The average Bonchev–Trinajstić information content (AvgIpc) is 3.09. The number of aryl methyl sites for hydroxylation is 2. The molecule has 5 aromatic rings. The third kappa shape index (κ3) is 2.82. The van der Waals surface area contributed by atoms with Gasteiger partial charge in [-0.2, -0.15) is 4.98 Å². The second-order valence-electron chi connectivity index (χ2n) is 6.55. The zero-order chi connectivity index (χ0) is 18.4. The van der Waals surface area contributed by atoms with Crippen LogP contribution in [0.4, 0.5) is 0 Å². The molecule has 0 aliphatic rings. The standard InChI is InChI=1S/C21H17N5S/c1-13-11-14(2)26-20(22-13)24-21(25-26)27-12-19-17-9-4-3-7-15(17)16-8-5-6-10-18(16)23-19/h3-11H,12H2,1-2H3. The SMILES string of the molecule is Cc1cc(C)n2nc(SCc3nc4ccccc4c4ccccc34)nc2n1. The first-order chi connectivity index (χ1) is 13.2. The molecule has 6 heteroatoms. The largest absolute Gasteiger partial charge is 0.253 e.